The molecule has 0 aliphatic carbocycles. The summed E-state index contributed by atoms with van der Waals surface area (Å²) in [5, 5.41) is 12.0. The first-order valence-electron chi connectivity index (χ1n) is 6.23. The van der Waals surface area contributed by atoms with Gasteiger partial charge in [0.25, 0.3) is 0 Å². The Morgan fingerprint density at radius 2 is 2.15 bits per heavy atom. The van der Waals surface area contributed by atoms with Crippen molar-refractivity contribution in [2.75, 3.05) is 13.7 Å². The number of urea groups is 1. The van der Waals surface area contributed by atoms with Crippen LogP contribution in [0.4, 0.5) is 4.79 Å². The van der Waals surface area contributed by atoms with E-state index in [4.69, 9.17) is 0 Å². The van der Waals surface area contributed by atoms with E-state index in [2.05, 4.69) is 16.1 Å². The minimum Gasteiger partial charge on any atom is -0.468 e. The predicted octanol–water partition coefficient (Wildman–Crippen LogP) is 0.688. The highest BCUT2D eigenvalue weighted by Gasteiger charge is 2.40. The highest BCUT2D eigenvalue weighted by molar-refractivity contribution is 5.83. The van der Waals surface area contributed by atoms with E-state index in [0.717, 1.165) is 5.56 Å². The molecule has 6 heteroatoms. The summed E-state index contributed by atoms with van der Waals surface area (Å²) >= 11 is 0. The number of hydrogen-bond donors (Lipinski definition) is 1. The molecule has 20 heavy (non-hydrogen) atoms. The number of rotatable bonds is 4. The number of hydrogen-bond acceptors (Lipinski definition) is 4. The van der Waals surface area contributed by atoms with Gasteiger partial charge >= 0.3 is 12.0 Å². The van der Waals surface area contributed by atoms with Gasteiger partial charge in [0.15, 0.2) is 0 Å². The van der Waals surface area contributed by atoms with Gasteiger partial charge in [-0.25, -0.2) is 4.79 Å². The summed E-state index contributed by atoms with van der Waals surface area (Å²) in [4.78, 5) is 24.3. The summed E-state index contributed by atoms with van der Waals surface area (Å²) in [6.07, 6.45) is 0.544. The largest absolute Gasteiger partial charge is 0.468 e. The summed E-state index contributed by atoms with van der Waals surface area (Å²) in [5.74, 6) is -0.541. The quantitative estimate of drug-likeness (QED) is 0.818. The molecule has 1 aromatic rings. The van der Waals surface area contributed by atoms with Crippen molar-refractivity contribution < 1.29 is 14.3 Å². The summed E-state index contributed by atoms with van der Waals surface area (Å²) in [6.45, 7) is -0.216. The molecule has 1 N–H and O–H groups in total. The van der Waals surface area contributed by atoms with Crippen molar-refractivity contribution in [3.8, 4) is 6.07 Å². The summed E-state index contributed by atoms with van der Waals surface area (Å²) < 4.78 is 4.54. The van der Waals surface area contributed by atoms with Crippen LogP contribution < -0.4 is 5.32 Å². The zero-order valence-electron chi connectivity index (χ0n) is 11.1. The van der Waals surface area contributed by atoms with E-state index in [1.807, 2.05) is 30.3 Å². The Balaban J connectivity index is 2.10. The van der Waals surface area contributed by atoms with Crippen LogP contribution in [0.1, 0.15) is 5.56 Å². The maximum absolute atomic E-state index is 11.9. The molecule has 2 rings (SSSR count). The maximum Gasteiger partial charge on any atom is 0.325 e. The molecular formula is C14H15N3O3. The Kier molecular flexibility index (Phi) is 4.20. The zero-order valence-corrected chi connectivity index (χ0v) is 11.1. The van der Waals surface area contributed by atoms with Crippen molar-refractivity contribution in [3.63, 3.8) is 0 Å². The van der Waals surface area contributed by atoms with Gasteiger partial charge in [-0.05, 0) is 12.0 Å². The average molecular weight is 273 g/mol. The lowest BCUT2D eigenvalue weighted by Crippen LogP contribution is -2.40. The van der Waals surface area contributed by atoms with E-state index in [1.165, 1.54) is 12.0 Å². The lowest BCUT2D eigenvalue weighted by Gasteiger charge is -2.19. The molecule has 2 atom stereocenters. The minimum atomic E-state index is -0.679. The molecule has 1 aliphatic heterocycles. The standard InChI is InChI=1S/C14H15N3O3/c1-20-13(18)9-17-12(8-15)11(16-14(17)19)7-10-5-3-2-4-6-10/h2-6,11-12H,7,9H2,1H3,(H,16,19)/t11-,12+/m0/s1. The predicted molar refractivity (Wildman–Crippen MR) is 70.6 cm³/mol. The summed E-state index contributed by atoms with van der Waals surface area (Å²) in [6, 6.07) is 10.2. The third kappa shape index (κ3) is 2.88. The molecule has 0 radical (unpaired) electrons. The Morgan fingerprint density at radius 3 is 2.75 bits per heavy atom. The van der Waals surface area contributed by atoms with Crippen LogP contribution in [0, 0.1) is 11.3 Å². The normalized spacial score (nSPS) is 21.2. The van der Waals surface area contributed by atoms with Crippen LogP contribution >= 0.6 is 0 Å². The second-order valence-corrected chi connectivity index (χ2v) is 4.52. The van der Waals surface area contributed by atoms with Gasteiger partial charge in [0.05, 0.1) is 19.2 Å². The van der Waals surface area contributed by atoms with E-state index in [0.29, 0.717) is 6.42 Å². The molecule has 1 heterocycles. The lowest BCUT2D eigenvalue weighted by atomic mass is 10.0. The lowest BCUT2D eigenvalue weighted by molar-refractivity contribution is -0.141. The highest BCUT2D eigenvalue weighted by Crippen LogP contribution is 2.17. The van der Waals surface area contributed by atoms with Gasteiger partial charge in [-0.1, -0.05) is 30.3 Å². The topological polar surface area (TPSA) is 82.4 Å². The number of carbonyl (C=O) groups is 2. The van der Waals surface area contributed by atoms with Crippen molar-refractivity contribution in [2.24, 2.45) is 0 Å². The van der Waals surface area contributed by atoms with Crippen molar-refractivity contribution >= 4 is 12.0 Å². The van der Waals surface area contributed by atoms with Gasteiger partial charge in [0.1, 0.15) is 12.6 Å². The first-order chi connectivity index (χ1) is 9.65. The Bertz CT molecular complexity index is 538. The minimum absolute atomic E-state index is 0.216. The second-order valence-electron chi connectivity index (χ2n) is 4.52. The number of benzene rings is 1. The molecule has 0 bridgehead atoms. The summed E-state index contributed by atoms with van der Waals surface area (Å²) in [5.41, 5.74) is 1.03. The number of ether oxygens (including phenoxy) is 1. The van der Waals surface area contributed by atoms with Crippen LogP contribution in [0.2, 0.25) is 0 Å². The van der Waals surface area contributed by atoms with Gasteiger partial charge < -0.3 is 10.1 Å². The van der Waals surface area contributed by atoms with Crippen molar-refractivity contribution in [2.45, 2.75) is 18.5 Å². The third-order valence-electron chi connectivity index (χ3n) is 3.24. The molecule has 2 amide bonds. The molecule has 1 aliphatic rings. The van der Waals surface area contributed by atoms with Crippen LogP contribution in [0.5, 0.6) is 0 Å². The van der Waals surface area contributed by atoms with Crippen molar-refractivity contribution in [1.82, 2.24) is 10.2 Å². The Labute approximate surface area is 116 Å². The van der Waals surface area contributed by atoms with E-state index in [9.17, 15) is 14.9 Å². The van der Waals surface area contributed by atoms with Gasteiger partial charge in [-0.3, -0.25) is 9.69 Å². The second kappa shape index (κ2) is 6.06. The van der Waals surface area contributed by atoms with Crippen molar-refractivity contribution in [1.29, 1.82) is 5.26 Å². The number of nitriles is 1. The fraction of sp³-hybridized carbons (Fsp3) is 0.357. The summed E-state index contributed by atoms with van der Waals surface area (Å²) in [7, 11) is 1.25. The number of esters is 1. The van der Waals surface area contributed by atoms with Crippen LogP contribution in [0.25, 0.3) is 0 Å². The number of nitrogens with one attached hydrogen (secondary N) is 1. The fourth-order valence-corrected chi connectivity index (χ4v) is 2.23. The van der Waals surface area contributed by atoms with E-state index >= 15 is 0 Å². The van der Waals surface area contributed by atoms with E-state index in [-0.39, 0.29) is 12.6 Å². The number of amides is 2. The van der Waals surface area contributed by atoms with Crippen molar-refractivity contribution in [3.05, 3.63) is 35.9 Å². The molecule has 0 saturated carbocycles. The molecule has 1 fully saturated rings. The monoisotopic (exact) mass is 273 g/mol. The highest BCUT2D eigenvalue weighted by atomic mass is 16.5. The van der Waals surface area contributed by atoms with Gasteiger partial charge in [-0.15, -0.1) is 0 Å². The van der Waals surface area contributed by atoms with Crippen LogP contribution in [-0.2, 0) is 16.0 Å². The number of nitrogens with zero attached hydrogens (tertiary/aromatic N) is 2. The maximum atomic E-state index is 11.9. The van der Waals surface area contributed by atoms with E-state index < -0.39 is 18.0 Å². The number of methoxy groups -OCH3 is 1. The first kappa shape index (κ1) is 13.9. The SMILES string of the molecule is COC(=O)CN1C(=O)N[C@@H](Cc2ccccc2)[C@H]1C#N. The molecule has 0 unspecified atom stereocenters. The molecule has 0 spiro atoms. The van der Waals surface area contributed by atoms with Gasteiger partial charge in [-0.2, -0.15) is 5.26 Å². The number of carbonyl (C=O) groups excluding carboxylic acids is 2. The average Bonchev–Trinajstić information content (AvgIpc) is 2.75. The molecule has 6 nitrogen and oxygen atoms in total. The molecular weight excluding hydrogens is 258 g/mol. The molecule has 1 saturated heterocycles. The zero-order chi connectivity index (χ0) is 14.5. The molecule has 1 aromatic carbocycles. The third-order valence-corrected chi connectivity index (χ3v) is 3.24. The van der Waals surface area contributed by atoms with Crippen LogP contribution in [-0.4, -0.2) is 42.6 Å². The van der Waals surface area contributed by atoms with Crippen LogP contribution in [0.15, 0.2) is 30.3 Å². The van der Waals surface area contributed by atoms with Gasteiger partial charge in [0, 0.05) is 0 Å². The molecule has 104 valence electrons. The molecule has 0 aromatic heterocycles. The smallest absolute Gasteiger partial charge is 0.325 e. The fourth-order valence-electron chi connectivity index (χ4n) is 2.23. The first-order valence-corrected chi connectivity index (χ1v) is 6.23. The van der Waals surface area contributed by atoms with Crippen LogP contribution in [0.3, 0.4) is 0 Å². The van der Waals surface area contributed by atoms with Gasteiger partial charge in [0.2, 0.25) is 0 Å². The Morgan fingerprint density at radius 1 is 1.45 bits per heavy atom. The van der Waals surface area contributed by atoms with E-state index in [1.54, 1.807) is 0 Å². The Hall–Kier alpha value is -2.55.